The van der Waals surface area contributed by atoms with Crippen LogP contribution < -0.4 is 5.32 Å². The van der Waals surface area contributed by atoms with Crippen molar-refractivity contribution in [3.8, 4) is 22.8 Å². The van der Waals surface area contributed by atoms with E-state index >= 15 is 0 Å². The highest BCUT2D eigenvalue weighted by molar-refractivity contribution is 6.03. The maximum atomic E-state index is 14.1. The largest absolute Gasteiger partial charge is 0.318 e. The van der Waals surface area contributed by atoms with Crippen LogP contribution >= 0.6 is 0 Å². The highest BCUT2D eigenvalue weighted by Crippen LogP contribution is 2.26. The number of rotatable bonds is 4. The molecule has 0 atom stereocenters. The zero-order chi connectivity index (χ0) is 22.4. The van der Waals surface area contributed by atoms with E-state index in [2.05, 4.69) is 25.6 Å². The van der Waals surface area contributed by atoms with Gasteiger partial charge in [0.1, 0.15) is 5.82 Å². The standard InChI is InChI=1S/C22H19FN8O/c1-13-4-5-14(23)15(10-13)27-22(32)17-12-21-26-16(18-6-8-24-29(18)2)11-20(31(21)28-17)19-7-9-25-30(19)3/h4-12H,1-3H3,(H,27,32). The molecule has 5 rings (SSSR count). The second-order valence-corrected chi connectivity index (χ2v) is 7.44. The van der Waals surface area contributed by atoms with E-state index in [1.807, 2.05) is 39.2 Å². The zero-order valence-electron chi connectivity index (χ0n) is 17.6. The third kappa shape index (κ3) is 3.31. The van der Waals surface area contributed by atoms with E-state index in [1.165, 1.54) is 6.07 Å². The Morgan fingerprint density at radius 3 is 2.34 bits per heavy atom. The first kappa shape index (κ1) is 19.6. The monoisotopic (exact) mass is 430 g/mol. The van der Waals surface area contributed by atoms with Crippen LogP contribution in [0.15, 0.2) is 54.9 Å². The minimum atomic E-state index is -0.530. The van der Waals surface area contributed by atoms with Gasteiger partial charge in [0.15, 0.2) is 11.3 Å². The van der Waals surface area contributed by atoms with Crippen LogP contribution in [0.3, 0.4) is 0 Å². The summed E-state index contributed by atoms with van der Waals surface area (Å²) in [7, 11) is 3.65. The molecule has 1 N–H and O–H groups in total. The topological polar surface area (TPSA) is 94.9 Å². The number of benzene rings is 1. The molecule has 0 aliphatic carbocycles. The van der Waals surface area contributed by atoms with Crippen LogP contribution in [-0.2, 0) is 14.1 Å². The lowest BCUT2D eigenvalue weighted by atomic mass is 10.2. The van der Waals surface area contributed by atoms with Gasteiger partial charge in [0, 0.05) is 32.6 Å². The predicted molar refractivity (Wildman–Crippen MR) is 116 cm³/mol. The Bertz CT molecular complexity index is 1480. The van der Waals surface area contributed by atoms with Crippen molar-refractivity contribution < 1.29 is 9.18 Å². The van der Waals surface area contributed by atoms with Gasteiger partial charge in [-0.1, -0.05) is 6.07 Å². The number of carbonyl (C=O) groups excluding carboxylic acids is 1. The van der Waals surface area contributed by atoms with Crippen LogP contribution in [0.1, 0.15) is 16.1 Å². The molecule has 0 saturated heterocycles. The quantitative estimate of drug-likeness (QED) is 0.472. The molecule has 0 saturated carbocycles. The predicted octanol–water partition coefficient (Wildman–Crippen LogP) is 3.23. The molecule has 9 nitrogen and oxygen atoms in total. The number of amides is 1. The molecule has 1 amide bonds. The lowest BCUT2D eigenvalue weighted by molar-refractivity contribution is 0.102. The van der Waals surface area contributed by atoms with Crippen LogP contribution in [0.5, 0.6) is 0 Å². The van der Waals surface area contributed by atoms with Gasteiger partial charge in [-0.2, -0.15) is 15.3 Å². The maximum Gasteiger partial charge on any atom is 0.276 e. The highest BCUT2D eigenvalue weighted by atomic mass is 19.1. The minimum Gasteiger partial charge on any atom is -0.318 e. The SMILES string of the molecule is Cc1ccc(F)c(NC(=O)c2cc3nc(-c4ccnn4C)cc(-c4ccnn4C)n3n2)c1. The summed E-state index contributed by atoms with van der Waals surface area (Å²) in [4.78, 5) is 17.5. The Kier molecular flexibility index (Phi) is 4.54. The fourth-order valence-corrected chi connectivity index (χ4v) is 3.57. The third-order valence-corrected chi connectivity index (χ3v) is 5.20. The molecule has 1 aromatic carbocycles. The third-order valence-electron chi connectivity index (χ3n) is 5.20. The molecule has 160 valence electrons. The minimum absolute atomic E-state index is 0.0995. The van der Waals surface area contributed by atoms with Gasteiger partial charge in [-0.05, 0) is 42.8 Å². The summed E-state index contributed by atoms with van der Waals surface area (Å²) in [5.41, 5.74) is 4.49. The summed E-state index contributed by atoms with van der Waals surface area (Å²) in [5, 5.41) is 15.5. The lowest BCUT2D eigenvalue weighted by Crippen LogP contribution is -2.14. The molecule has 4 heterocycles. The molecule has 4 aromatic heterocycles. The average Bonchev–Trinajstić information content (AvgIpc) is 3.49. The molecule has 0 bridgehead atoms. The molecule has 0 radical (unpaired) electrons. The summed E-state index contributed by atoms with van der Waals surface area (Å²) < 4.78 is 19.1. The molecule has 0 aliphatic heterocycles. The molecule has 32 heavy (non-hydrogen) atoms. The van der Waals surface area contributed by atoms with E-state index in [0.717, 1.165) is 17.0 Å². The van der Waals surface area contributed by atoms with Crippen molar-refractivity contribution >= 4 is 17.2 Å². The van der Waals surface area contributed by atoms with Crippen LogP contribution in [0.25, 0.3) is 28.4 Å². The average molecular weight is 430 g/mol. The Hall–Kier alpha value is -4.34. The molecule has 0 fully saturated rings. The fourth-order valence-electron chi connectivity index (χ4n) is 3.57. The van der Waals surface area contributed by atoms with Gasteiger partial charge < -0.3 is 5.32 Å². The first-order valence-electron chi connectivity index (χ1n) is 9.86. The van der Waals surface area contributed by atoms with Crippen molar-refractivity contribution in [1.82, 2.24) is 34.2 Å². The maximum absolute atomic E-state index is 14.1. The van der Waals surface area contributed by atoms with Gasteiger partial charge in [-0.3, -0.25) is 14.2 Å². The molecule has 0 unspecified atom stereocenters. The number of carbonyl (C=O) groups is 1. The number of aromatic nitrogens is 7. The van der Waals surface area contributed by atoms with Gasteiger partial charge in [0.25, 0.3) is 5.91 Å². The Morgan fingerprint density at radius 2 is 1.66 bits per heavy atom. The number of nitrogens with zero attached hydrogens (tertiary/aromatic N) is 7. The van der Waals surface area contributed by atoms with Crippen molar-refractivity contribution in [2.45, 2.75) is 6.92 Å². The van der Waals surface area contributed by atoms with Crippen molar-refractivity contribution in [3.63, 3.8) is 0 Å². The number of anilines is 1. The number of hydrogen-bond acceptors (Lipinski definition) is 5. The summed E-state index contributed by atoms with van der Waals surface area (Å²) in [6.07, 6.45) is 3.37. The van der Waals surface area contributed by atoms with Gasteiger partial charge in [-0.25, -0.2) is 13.9 Å². The van der Waals surface area contributed by atoms with Crippen LogP contribution in [0.2, 0.25) is 0 Å². The smallest absolute Gasteiger partial charge is 0.276 e. The number of halogens is 1. The Labute approximate surface area is 182 Å². The first-order chi connectivity index (χ1) is 15.4. The summed E-state index contributed by atoms with van der Waals surface area (Å²) in [6.45, 7) is 1.82. The molecule has 10 heteroatoms. The van der Waals surface area contributed by atoms with Crippen molar-refractivity contribution in [1.29, 1.82) is 0 Å². The van der Waals surface area contributed by atoms with Gasteiger partial charge in [-0.15, -0.1) is 0 Å². The molecule has 0 spiro atoms. The summed E-state index contributed by atoms with van der Waals surface area (Å²) in [5.74, 6) is -1.04. The van der Waals surface area contributed by atoms with E-state index in [4.69, 9.17) is 0 Å². The molecular weight excluding hydrogens is 411 g/mol. The van der Waals surface area contributed by atoms with Crippen molar-refractivity contribution in [3.05, 3.63) is 71.9 Å². The Morgan fingerprint density at radius 1 is 0.938 bits per heavy atom. The Balaban J connectivity index is 1.64. The number of fused-ring (bicyclic) bond motifs is 1. The van der Waals surface area contributed by atoms with E-state index < -0.39 is 11.7 Å². The van der Waals surface area contributed by atoms with Crippen LogP contribution in [0, 0.1) is 12.7 Å². The second-order valence-electron chi connectivity index (χ2n) is 7.44. The van der Waals surface area contributed by atoms with E-state index in [-0.39, 0.29) is 11.4 Å². The van der Waals surface area contributed by atoms with E-state index in [1.54, 1.807) is 44.5 Å². The number of nitrogens with one attached hydrogen (secondary N) is 1. The molecule has 0 aliphatic rings. The normalized spacial score (nSPS) is 11.2. The molecular formula is C22H19FN8O. The first-order valence-corrected chi connectivity index (χ1v) is 9.86. The van der Waals surface area contributed by atoms with Gasteiger partial charge in [0.2, 0.25) is 0 Å². The molecule has 5 aromatic rings. The van der Waals surface area contributed by atoms with Crippen molar-refractivity contribution in [2.24, 2.45) is 14.1 Å². The zero-order valence-corrected chi connectivity index (χ0v) is 17.6. The van der Waals surface area contributed by atoms with Gasteiger partial charge in [0.05, 0.1) is 28.5 Å². The van der Waals surface area contributed by atoms with Crippen molar-refractivity contribution in [2.75, 3.05) is 5.32 Å². The number of aryl methyl sites for hydroxylation is 3. The van der Waals surface area contributed by atoms with E-state index in [9.17, 15) is 9.18 Å². The summed E-state index contributed by atoms with van der Waals surface area (Å²) >= 11 is 0. The van der Waals surface area contributed by atoms with E-state index in [0.29, 0.717) is 17.0 Å². The summed E-state index contributed by atoms with van der Waals surface area (Å²) in [6, 6.07) is 11.7. The number of hydrogen-bond donors (Lipinski definition) is 1. The second kappa shape index (κ2) is 7.41. The van der Waals surface area contributed by atoms with Crippen LogP contribution in [0.4, 0.5) is 10.1 Å². The lowest BCUT2D eigenvalue weighted by Gasteiger charge is -2.09. The highest BCUT2D eigenvalue weighted by Gasteiger charge is 2.19. The fraction of sp³-hybridized carbons (Fsp3) is 0.136. The van der Waals surface area contributed by atoms with Gasteiger partial charge >= 0.3 is 0 Å². The van der Waals surface area contributed by atoms with Crippen LogP contribution in [-0.4, -0.2) is 40.1 Å².